The topological polar surface area (TPSA) is 74.5 Å². The highest BCUT2D eigenvalue weighted by molar-refractivity contribution is 7.13. The van der Waals surface area contributed by atoms with Gasteiger partial charge in [0.1, 0.15) is 0 Å². The van der Waals surface area contributed by atoms with E-state index in [2.05, 4.69) is 20.1 Å². The Morgan fingerprint density at radius 2 is 2.25 bits per heavy atom. The van der Waals surface area contributed by atoms with E-state index in [9.17, 15) is 4.79 Å². The number of nitrogens with two attached hydrogens (primary N) is 1. The average molecular weight is 297 g/mol. The van der Waals surface area contributed by atoms with E-state index in [4.69, 9.17) is 5.73 Å². The van der Waals surface area contributed by atoms with Crippen molar-refractivity contribution < 1.29 is 4.79 Å². The number of piperazine rings is 1. The van der Waals surface area contributed by atoms with Gasteiger partial charge in [-0.3, -0.25) is 9.69 Å². The van der Waals surface area contributed by atoms with E-state index >= 15 is 0 Å². The predicted octanol–water partition coefficient (Wildman–Crippen LogP) is 0.119. The molecule has 1 aromatic rings. The molecule has 2 heterocycles. The Labute approximate surface area is 124 Å². The number of rotatable bonds is 6. The molecule has 6 nitrogen and oxygen atoms in total. The van der Waals surface area contributed by atoms with E-state index < -0.39 is 0 Å². The molecule has 0 spiro atoms. The summed E-state index contributed by atoms with van der Waals surface area (Å²) < 4.78 is 0. The molecule has 7 heteroatoms. The van der Waals surface area contributed by atoms with Crippen LogP contribution in [-0.4, -0.2) is 61.1 Å². The molecule has 0 bridgehead atoms. The van der Waals surface area contributed by atoms with E-state index in [1.165, 1.54) is 0 Å². The summed E-state index contributed by atoms with van der Waals surface area (Å²) in [4.78, 5) is 20.6. The van der Waals surface area contributed by atoms with Crippen molar-refractivity contribution in [3.05, 3.63) is 11.6 Å². The van der Waals surface area contributed by atoms with Gasteiger partial charge in [-0.05, 0) is 6.92 Å². The summed E-state index contributed by atoms with van der Waals surface area (Å²) in [5, 5.41) is 5.92. The van der Waals surface area contributed by atoms with Crippen LogP contribution < -0.4 is 16.0 Å². The molecule has 1 amide bonds. The largest absolute Gasteiger partial charge is 0.356 e. The number of thiazole rings is 1. The Morgan fingerprint density at radius 3 is 2.80 bits per heavy atom. The van der Waals surface area contributed by atoms with Crippen molar-refractivity contribution in [2.75, 3.05) is 44.2 Å². The van der Waals surface area contributed by atoms with Crippen molar-refractivity contribution in [3.63, 3.8) is 0 Å². The standard InChI is InChI=1S/C13H23N5OS/c1-2-15-12(19)9-11(10-14)17-4-6-18(7-5-17)13-16-3-8-20-13/h3,8,11H,2,4-7,9-10,14H2,1H3,(H,15,19). The van der Waals surface area contributed by atoms with E-state index in [-0.39, 0.29) is 11.9 Å². The lowest BCUT2D eigenvalue weighted by Crippen LogP contribution is -2.53. The van der Waals surface area contributed by atoms with Crippen molar-refractivity contribution in [2.45, 2.75) is 19.4 Å². The van der Waals surface area contributed by atoms with Crippen LogP contribution in [0.15, 0.2) is 11.6 Å². The molecule has 1 aliphatic heterocycles. The third kappa shape index (κ3) is 3.91. The van der Waals surface area contributed by atoms with Crippen LogP contribution in [0.25, 0.3) is 0 Å². The first-order valence-corrected chi connectivity index (χ1v) is 7.97. The van der Waals surface area contributed by atoms with E-state index in [1.54, 1.807) is 11.3 Å². The first-order valence-electron chi connectivity index (χ1n) is 7.09. The highest BCUT2D eigenvalue weighted by Crippen LogP contribution is 2.19. The molecule has 1 aromatic heterocycles. The van der Waals surface area contributed by atoms with E-state index in [0.29, 0.717) is 19.5 Å². The van der Waals surface area contributed by atoms with Gasteiger partial charge in [-0.1, -0.05) is 0 Å². The van der Waals surface area contributed by atoms with Gasteiger partial charge in [-0.2, -0.15) is 0 Å². The van der Waals surface area contributed by atoms with Crippen molar-refractivity contribution in [1.29, 1.82) is 0 Å². The maximum Gasteiger partial charge on any atom is 0.221 e. The van der Waals surface area contributed by atoms with Crippen LogP contribution in [0, 0.1) is 0 Å². The Morgan fingerprint density at radius 1 is 1.50 bits per heavy atom. The van der Waals surface area contributed by atoms with Gasteiger partial charge in [0.25, 0.3) is 0 Å². The summed E-state index contributed by atoms with van der Waals surface area (Å²) in [6, 6.07) is 0.139. The normalized spacial score (nSPS) is 18.0. The number of amides is 1. The monoisotopic (exact) mass is 297 g/mol. The molecule has 1 fully saturated rings. The van der Waals surface area contributed by atoms with Crippen LogP contribution in [0.3, 0.4) is 0 Å². The van der Waals surface area contributed by atoms with Gasteiger partial charge in [0.15, 0.2) is 5.13 Å². The molecule has 1 atom stereocenters. The fraction of sp³-hybridized carbons (Fsp3) is 0.692. The smallest absolute Gasteiger partial charge is 0.221 e. The maximum atomic E-state index is 11.7. The first-order chi connectivity index (χ1) is 9.74. The highest BCUT2D eigenvalue weighted by Gasteiger charge is 2.25. The molecule has 0 saturated carbocycles. The van der Waals surface area contributed by atoms with Gasteiger partial charge < -0.3 is 16.0 Å². The number of carbonyl (C=O) groups excluding carboxylic acids is 1. The fourth-order valence-corrected chi connectivity index (χ4v) is 3.19. The minimum absolute atomic E-state index is 0.0882. The Balaban J connectivity index is 1.83. The molecule has 1 aliphatic rings. The lowest BCUT2D eigenvalue weighted by Gasteiger charge is -2.38. The minimum atomic E-state index is 0.0882. The van der Waals surface area contributed by atoms with E-state index in [0.717, 1.165) is 31.3 Å². The Kier molecular flexibility index (Phi) is 5.75. The van der Waals surface area contributed by atoms with Gasteiger partial charge in [0.2, 0.25) is 5.91 Å². The molecule has 3 N–H and O–H groups in total. The quantitative estimate of drug-likeness (QED) is 0.780. The molecule has 2 rings (SSSR count). The molecule has 0 aliphatic carbocycles. The average Bonchev–Trinajstić information content (AvgIpc) is 2.99. The van der Waals surface area contributed by atoms with Crippen molar-refractivity contribution in [3.8, 4) is 0 Å². The molecule has 1 unspecified atom stereocenters. The summed E-state index contributed by atoms with van der Waals surface area (Å²) >= 11 is 1.67. The summed E-state index contributed by atoms with van der Waals surface area (Å²) in [5.41, 5.74) is 5.83. The Hall–Kier alpha value is -1.18. The van der Waals surface area contributed by atoms with Crippen LogP contribution in [0.1, 0.15) is 13.3 Å². The van der Waals surface area contributed by atoms with Crippen molar-refractivity contribution in [2.24, 2.45) is 5.73 Å². The number of hydrogen-bond acceptors (Lipinski definition) is 6. The summed E-state index contributed by atoms with van der Waals surface area (Å²) in [6.07, 6.45) is 2.33. The first kappa shape index (κ1) is 15.2. The second-order valence-electron chi connectivity index (χ2n) is 4.88. The lowest BCUT2D eigenvalue weighted by molar-refractivity contribution is -0.122. The number of aromatic nitrogens is 1. The molecule has 112 valence electrons. The van der Waals surface area contributed by atoms with Crippen LogP contribution in [0.5, 0.6) is 0 Å². The molecule has 0 radical (unpaired) electrons. The third-order valence-electron chi connectivity index (χ3n) is 3.59. The number of anilines is 1. The summed E-state index contributed by atoms with van der Waals surface area (Å²) in [5.74, 6) is 0.0882. The van der Waals surface area contributed by atoms with Crippen molar-refractivity contribution in [1.82, 2.24) is 15.2 Å². The number of nitrogens with one attached hydrogen (secondary N) is 1. The zero-order valence-corrected chi connectivity index (χ0v) is 12.7. The molecule has 20 heavy (non-hydrogen) atoms. The summed E-state index contributed by atoms with van der Waals surface area (Å²) in [7, 11) is 0. The van der Waals surface area contributed by atoms with Crippen LogP contribution in [0.2, 0.25) is 0 Å². The van der Waals surface area contributed by atoms with Gasteiger partial charge in [-0.15, -0.1) is 11.3 Å². The SMILES string of the molecule is CCNC(=O)CC(CN)N1CCN(c2nccs2)CC1. The highest BCUT2D eigenvalue weighted by atomic mass is 32.1. The van der Waals surface area contributed by atoms with E-state index in [1.807, 2.05) is 18.5 Å². The summed E-state index contributed by atoms with van der Waals surface area (Å²) in [6.45, 7) is 6.88. The second-order valence-corrected chi connectivity index (χ2v) is 5.76. The zero-order valence-electron chi connectivity index (χ0n) is 11.9. The lowest BCUT2D eigenvalue weighted by atomic mass is 10.1. The fourth-order valence-electron chi connectivity index (χ4n) is 2.50. The minimum Gasteiger partial charge on any atom is -0.356 e. The number of nitrogens with zero attached hydrogens (tertiary/aromatic N) is 3. The molecule has 0 aromatic carbocycles. The van der Waals surface area contributed by atoms with Gasteiger partial charge in [0, 0.05) is 63.3 Å². The van der Waals surface area contributed by atoms with Gasteiger partial charge in [-0.25, -0.2) is 4.98 Å². The molecule has 1 saturated heterocycles. The Bertz CT molecular complexity index is 403. The van der Waals surface area contributed by atoms with Crippen LogP contribution in [0.4, 0.5) is 5.13 Å². The molecular weight excluding hydrogens is 274 g/mol. The van der Waals surface area contributed by atoms with Crippen LogP contribution >= 0.6 is 11.3 Å². The zero-order chi connectivity index (χ0) is 14.4. The number of carbonyl (C=O) groups is 1. The van der Waals surface area contributed by atoms with Crippen molar-refractivity contribution >= 4 is 22.4 Å². The predicted molar refractivity (Wildman–Crippen MR) is 82.0 cm³/mol. The van der Waals surface area contributed by atoms with Crippen LogP contribution in [-0.2, 0) is 4.79 Å². The molecular formula is C13H23N5OS. The van der Waals surface area contributed by atoms with Gasteiger partial charge >= 0.3 is 0 Å². The number of hydrogen-bond donors (Lipinski definition) is 2. The van der Waals surface area contributed by atoms with Gasteiger partial charge in [0.05, 0.1) is 0 Å². The second kappa shape index (κ2) is 7.56. The maximum absolute atomic E-state index is 11.7. The third-order valence-corrected chi connectivity index (χ3v) is 4.42.